The predicted molar refractivity (Wildman–Crippen MR) is 61.4 cm³/mol. The summed E-state index contributed by atoms with van der Waals surface area (Å²) < 4.78 is 0. The van der Waals surface area contributed by atoms with Crippen molar-refractivity contribution < 1.29 is 9.59 Å². The van der Waals surface area contributed by atoms with E-state index in [9.17, 15) is 9.59 Å². The number of hydrogen-bond acceptors (Lipinski definition) is 2. The zero-order valence-electron chi connectivity index (χ0n) is 9.78. The zero-order valence-corrected chi connectivity index (χ0v) is 9.78. The van der Waals surface area contributed by atoms with Crippen LogP contribution in [0.2, 0.25) is 0 Å². The molecule has 1 aliphatic carbocycles. The van der Waals surface area contributed by atoms with Crippen LogP contribution in [0.5, 0.6) is 0 Å². The first-order valence-electron chi connectivity index (χ1n) is 5.49. The molecule has 1 amide bonds. The second kappa shape index (κ2) is 6.98. The van der Waals surface area contributed by atoms with Gasteiger partial charge in [-0.3, -0.25) is 9.59 Å². The van der Waals surface area contributed by atoms with Gasteiger partial charge >= 0.3 is 0 Å². The number of hydrogen-bond donors (Lipinski definition) is 1. The number of carbonyl (C=O) groups is 2. The van der Waals surface area contributed by atoms with Crippen molar-refractivity contribution in [1.29, 1.82) is 0 Å². The van der Waals surface area contributed by atoms with E-state index in [1.54, 1.807) is 12.2 Å². The van der Waals surface area contributed by atoms with Crippen LogP contribution in [-0.4, -0.2) is 17.7 Å². The summed E-state index contributed by atoms with van der Waals surface area (Å²) in [7, 11) is 0. The molecule has 2 atom stereocenters. The third-order valence-corrected chi connectivity index (χ3v) is 1.96. The Kier molecular flexibility index (Phi) is 6.34. The summed E-state index contributed by atoms with van der Waals surface area (Å²) in [6.07, 6.45) is 7.21. The van der Waals surface area contributed by atoms with Crippen LogP contribution in [0.3, 0.4) is 0 Å². The number of Topliss-reactive ketones (excluding diaryl/α,β-unsaturated/α-hetero) is 1. The molecule has 2 unspecified atom stereocenters. The van der Waals surface area contributed by atoms with Crippen LogP contribution < -0.4 is 5.32 Å². The van der Waals surface area contributed by atoms with Gasteiger partial charge in [-0.15, -0.1) is 0 Å². The topological polar surface area (TPSA) is 46.2 Å². The van der Waals surface area contributed by atoms with Crippen molar-refractivity contribution in [3.8, 4) is 0 Å². The fraction of sp³-hybridized carbons (Fsp3) is 0.500. The van der Waals surface area contributed by atoms with Crippen molar-refractivity contribution >= 4 is 11.7 Å². The lowest BCUT2D eigenvalue weighted by Crippen LogP contribution is -2.26. The highest BCUT2D eigenvalue weighted by Crippen LogP contribution is 2.18. The minimum atomic E-state index is -0.462. The molecule has 1 saturated heterocycles. The van der Waals surface area contributed by atoms with Gasteiger partial charge in [0.05, 0.1) is 12.0 Å². The molecule has 1 fully saturated rings. The average Bonchev–Trinajstić information content (AvgIpc) is 2.61. The number of ketones is 1. The first-order valence-corrected chi connectivity index (χ1v) is 5.49. The van der Waals surface area contributed by atoms with Gasteiger partial charge < -0.3 is 5.32 Å². The van der Waals surface area contributed by atoms with Crippen LogP contribution in [-0.2, 0) is 9.59 Å². The van der Waals surface area contributed by atoms with Gasteiger partial charge in [-0.2, -0.15) is 0 Å². The van der Waals surface area contributed by atoms with Crippen molar-refractivity contribution in [3.63, 3.8) is 0 Å². The van der Waals surface area contributed by atoms with Gasteiger partial charge in [-0.1, -0.05) is 52.0 Å². The number of carbonyl (C=O) groups excluding carboxylic acids is 2. The highest BCUT2D eigenvalue weighted by atomic mass is 16.2. The lowest BCUT2D eigenvalue weighted by molar-refractivity contribution is -0.135. The monoisotopic (exact) mass is 209 g/mol. The third-order valence-electron chi connectivity index (χ3n) is 1.96. The highest BCUT2D eigenvalue weighted by molar-refractivity contribution is 6.39. The molecule has 15 heavy (non-hydrogen) atoms. The first-order chi connectivity index (χ1) is 7.29. The van der Waals surface area contributed by atoms with Gasteiger partial charge in [0.25, 0.3) is 5.91 Å². The molecule has 1 heterocycles. The largest absolute Gasteiger partial charge is 0.342 e. The van der Waals surface area contributed by atoms with Crippen LogP contribution in [0.4, 0.5) is 0 Å². The van der Waals surface area contributed by atoms with Crippen LogP contribution in [0.25, 0.3) is 0 Å². The van der Waals surface area contributed by atoms with Gasteiger partial charge in [-0.05, 0) is 0 Å². The fourth-order valence-electron chi connectivity index (χ4n) is 1.37. The number of nitrogens with one attached hydrogen (secondary N) is 1. The van der Waals surface area contributed by atoms with E-state index in [0.29, 0.717) is 0 Å². The van der Waals surface area contributed by atoms with Gasteiger partial charge in [0.1, 0.15) is 0 Å². The number of rotatable bonds is 0. The second-order valence-corrected chi connectivity index (χ2v) is 2.66. The Labute approximate surface area is 91.2 Å². The standard InChI is InChI=1S/C8H7NO2.2C2H6/c10-7-5-3-1-2-4-6(5)9-8(7)11;2*1-2/h1-6H,(H,9,11);2*1-2H3. The minimum Gasteiger partial charge on any atom is -0.342 e. The summed E-state index contributed by atoms with van der Waals surface area (Å²) in [5.74, 6) is -1.04. The Morgan fingerprint density at radius 2 is 1.53 bits per heavy atom. The second-order valence-electron chi connectivity index (χ2n) is 2.66. The van der Waals surface area contributed by atoms with E-state index in [2.05, 4.69) is 5.32 Å². The Bertz CT molecular complexity index is 279. The molecule has 0 aromatic heterocycles. The molecular weight excluding hydrogens is 190 g/mol. The van der Waals surface area contributed by atoms with E-state index in [1.807, 2.05) is 39.8 Å². The third kappa shape index (κ3) is 3.05. The molecule has 0 spiro atoms. The van der Waals surface area contributed by atoms with Gasteiger partial charge in [0.15, 0.2) is 0 Å². The van der Waals surface area contributed by atoms with Crippen LogP contribution in [0.15, 0.2) is 24.3 Å². The molecule has 1 N–H and O–H groups in total. The van der Waals surface area contributed by atoms with E-state index in [4.69, 9.17) is 0 Å². The van der Waals surface area contributed by atoms with Crippen molar-refractivity contribution in [1.82, 2.24) is 5.32 Å². The maximum atomic E-state index is 11.0. The molecule has 0 radical (unpaired) electrons. The van der Waals surface area contributed by atoms with Crippen LogP contribution >= 0.6 is 0 Å². The molecule has 1 aliphatic heterocycles. The lowest BCUT2D eigenvalue weighted by atomic mass is 9.95. The summed E-state index contributed by atoms with van der Waals surface area (Å²) in [5, 5.41) is 2.58. The van der Waals surface area contributed by atoms with Crippen LogP contribution in [0, 0.1) is 5.92 Å². The molecule has 3 heteroatoms. The Morgan fingerprint density at radius 3 is 2.07 bits per heavy atom. The highest BCUT2D eigenvalue weighted by Gasteiger charge is 2.38. The Hall–Kier alpha value is -1.38. The van der Waals surface area contributed by atoms with E-state index >= 15 is 0 Å². The van der Waals surface area contributed by atoms with Gasteiger partial charge in [0.2, 0.25) is 5.78 Å². The molecule has 2 rings (SSSR count). The summed E-state index contributed by atoms with van der Waals surface area (Å²) in [6, 6.07) is -0.0972. The normalized spacial score (nSPS) is 25.6. The van der Waals surface area contributed by atoms with Crippen LogP contribution in [0.1, 0.15) is 27.7 Å². The SMILES string of the molecule is CC.CC.O=C1NC2C=CC=CC2C1=O. The molecular formula is C12H19NO2. The Morgan fingerprint density at radius 1 is 1.00 bits per heavy atom. The van der Waals surface area contributed by atoms with Crippen molar-refractivity contribution in [2.45, 2.75) is 33.7 Å². The smallest absolute Gasteiger partial charge is 0.288 e. The molecule has 0 saturated carbocycles. The Balaban J connectivity index is 0.000000442. The average molecular weight is 209 g/mol. The summed E-state index contributed by atoms with van der Waals surface area (Å²) in [5.41, 5.74) is 0. The van der Waals surface area contributed by atoms with E-state index < -0.39 is 5.91 Å². The summed E-state index contributed by atoms with van der Waals surface area (Å²) >= 11 is 0. The molecule has 0 aromatic rings. The van der Waals surface area contributed by atoms with Gasteiger partial charge in [0, 0.05) is 0 Å². The minimum absolute atomic E-state index is 0.0972. The quantitative estimate of drug-likeness (QED) is 0.619. The number of amides is 1. The maximum absolute atomic E-state index is 11.0. The summed E-state index contributed by atoms with van der Waals surface area (Å²) in [6.45, 7) is 8.00. The number of fused-ring (bicyclic) bond motifs is 1. The first kappa shape index (κ1) is 13.6. The predicted octanol–water partition coefficient (Wildman–Crippen LogP) is 1.85. The zero-order chi connectivity index (χ0) is 11.8. The molecule has 2 aliphatic rings. The van der Waals surface area contributed by atoms with E-state index in [0.717, 1.165) is 0 Å². The van der Waals surface area contributed by atoms with E-state index in [-0.39, 0.29) is 17.7 Å². The van der Waals surface area contributed by atoms with Crippen molar-refractivity contribution in [2.24, 2.45) is 5.92 Å². The van der Waals surface area contributed by atoms with Crippen molar-refractivity contribution in [2.75, 3.05) is 0 Å². The molecule has 3 nitrogen and oxygen atoms in total. The van der Waals surface area contributed by atoms with E-state index in [1.165, 1.54) is 0 Å². The molecule has 0 bridgehead atoms. The van der Waals surface area contributed by atoms with Crippen molar-refractivity contribution in [3.05, 3.63) is 24.3 Å². The maximum Gasteiger partial charge on any atom is 0.288 e. The molecule has 84 valence electrons. The van der Waals surface area contributed by atoms with Gasteiger partial charge in [-0.25, -0.2) is 0 Å². The molecule has 0 aromatic carbocycles. The fourth-order valence-corrected chi connectivity index (χ4v) is 1.37. The number of allylic oxidation sites excluding steroid dienone is 2. The summed E-state index contributed by atoms with van der Waals surface area (Å²) in [4.78, 5) is 21.9. The lowest BCUT2D eigenvalue weighted by Gasteiger charge is -2.11.